The number of rotatable bonds is 59. The highest BCUT2D eigenvalue weighted by molar-refractivity contribution is 5.70. The van der Waals surface area contributed by atoms with Crippen LogP contribution in [0.4, 0.5) is 0 Å². The fraction of sp³-hybridized carbons (Fsp3) is 0.877. The van der Waals surface area contributed by atoms with Crippen molar-refractivity contribution in [2.24, 2.45) is 0 Å². The van der Waals surface area contributed by atoms with Crippen molar-refractivity contribution >= 4 is 11.9 Å². The van der Waals surface area contributed by atoms with Crippen molar-refractivity contribution in [1.82, 2.24) is 0 Å². The number of esters is 2. The molecule has 0 aliphatic heterocycles. The minimum atomic E-state index is -0.539. The Labute approximate surface area is 438 Å². The topological polar surface area (TPSA) is 61.8 Å². The van der Waals surface area contributed by atoms with E-state index in [4.69, 9.17) is 14.2 Å². The lowest BCUT2D eigenvalue weighted by Gasteiger charge is -2.18. The Morgan fingerprint density at radius 3 is 0.986 bits per heavy atom. The van der Waals surface area contributed by atoms with Gasteiger partial charge in [-0.15, -0.1) is 0 Å². The van der Waals surface area contributed by atoms with Crippen LogP contribution in [0.5, 0.6) is 0 Å². The summed E-state index contributed by atoms with van der Waals surface area (Å²) < 4.78 is 17.5. The van der Waals surface area contributed by atoms with Gasteiger partial charge in [0.15, 0.2) is 6.10 Å². The van der Waals surface area contributed by atoms with Crippen LogP contribution in [-0.2, 0) is 23.8 Å². The molecule has 0 bridgehead atoms. The van der Waals surface area contributed by atoms with Crippen LogP contribution < -0.4 is 0 Å². The third-order valence-electron chi connectivity index (χ3n) is 14.1. The van der Waals surface area contributed by atoms with Crippen LogP contribution in [0.3, 0.4) is 0 Å². The molecule has 5 nitrogen and oxygen atoms in total. The average molecular weight is 984 g/mol. The van der Waals surface area contributed by atoms with Gasteiger partial charge in [0.05, 0.1) is 6.61 Å². The van der Waals surface area contributed by atoms with Gasteiger partial charge in [-0.3, -0.25) is 9.59 Å². The highest BCUT2D eigenvalue weighted by Crippen LogP contribution is 2.17. The standard InChI is InChI=1S/C65H122O5/c1-4-7-10-13-16-19-22-25-28-30-32-34-36-39-42-45-48-51-54-57-60-68-61-63(70-65(67)59-56-53-50-47-44-41-37-27-24-21-18-15-12-9-6-3)62-69-64(66)58-55-52-49-46-43-40-38-35-33-31-29-26-23-20-17-14-11-8-5-2/h16,19,25,27-28,37,63H,4-15,17-18,20-24,26,29-36,38-62H2,1-3H3/b19-16-,28-25-,37-27-. The van der Waals surface area contributed by atoms with Crippen molar-refractivity contribution in [1.29, 1.82) is 0 Å². The zero-order valence-electron chi connectivity index (χ0n) is 47.6. The molecule has 0 aromatic heterocycles. The van der Waals surface area contributed by atoms with Crippen LogP contribution in [0, 0.1) is 0 Å². The molecule has 0 fully saturated rings. The quantitative estimate of drug-likeness (QED) is 0.0345. The Morgan fingerprint density at radius 1 is 0.314 bits per heavy atom. The summed E-state index contributed by atoms with van der Waals surface area (Å²) in [5.41, 5.74) is 0. The maximum atomic E-state index is 12.9. The Morgan fingerprint density at radius 2 is 0.600 bits per heavy atom. The monoisotopic (exact) mass is 983 g/mol. The van der Waals surface area contributed by atoms with Crippen LogP contribution in [0.15, 0.2) is 36.5 Å². The summed E-state index contributed by atoms with van der Waals surface area (Å²) in [4.78, 5) is 25.6. The molecule has 0 saturated heterocycles. The van der Waals surface area contributed by atoms with Crippen molar-refractivity contribution in [3.63, 3.8) is 0 Å². The molecule has 412 valence electrons. The van der Waals surface area contributed by atoms with Gasteiger partial charge in [-0.2, -0.15) is 0 Å². The molecule has 0 radical (unpaired) electrons. The summed E-state index contributed by atoms with van der Waals surface area (Å²) in [6.45, 7) is 7.86. The van der Waals surface area contributed by atoms with Gasteiger partial charge in [0.1, 0.15) is 6.61 Å². The fourth-order valence-corrected chi connectivity index (χ4v) is 9.42. The molecule has 0 N–H and O–H groups in total. The van der Waals surface area contributed by atoms with E-state index in [-0.39, 0.29) is 25.2 Å². The second kappa shape index (κ2) is 61.4. The number of hydrogen-bond acceptors (Lipinski definition) is 5. The number of ether oxygens (including phenoxy) is 3. The van der Waals surface area contributed by atoms with Gasteiger partial charge in [-0.1, -0.05) is 288 Å². The molecular formula is C65H122O5. The van der Waals surface area contributed by atoms with E-state index in [0.717, 1.165) is 57.8 Å². The van der Waals surface area contributed by atoms with Crippen molar-refractivity contribution in [3.8, 4) is 0 Å². The number of carbonyl (C=O) groups is 2. The summed E-state index contributed by atoms with van der Waals surface area (Å²) in [5.74, 6) is -0.385. The van der Waals surface area contributed by atoms with Crippen molar-refractivity contribution in [2.75, 3.05) is 19.8 Å². The van der Waals surface area contributed by atoms with Crippen molar-refractivity contribution in [2.45, 2.75) is 348 Å². The average Bonchev–Trinajstić information content (AvgIpc) is 3.36. The van der Waals surface area contributed by atoms with Crippen LogP contribution >= 0.6 is 0 Å². The maximum Gasteiger partial charge on any atom is 0.306 e. The lowest BCUT2D eigenvalue weighted by Crippen LogP contribution is -2.30. The molecular weight excluding hydrogens is 861 g/mol. The zero-order chi connectivity index (χ0) is 50.6. The molecule has 1 atom stereocenters. The second-order valence-electron chi connectivity index (χ2n) is 21.3. The summed E-state index contributed by atoms with van der Waals surface area (Å²) in [5, 5.41) is 0. The van der Waals surface area contributed by atoms with Gasteiger partial charge in [0, 0.05) is 19.4 Å². The van der Waals surface area contributed by atoms with Gasteiger partial charge in [-0.25, -0.2) is 0 Å². The van der Waals surface area contributed by atoms with E-state index in [1.807, 2.05) is 0 Å². The van der Waals surface area contributed by atoms with Gasteiger partial charge >= 0.3 is 11.9 Å². The summed E-state index contributed by atoms with van der Waals surface area (Å²) in [6, 6.07) is 0. The third kappa shape index (κ3) is 58.7. The molecule has 0 aliphatic rings. The first-order chi connectivity index (χ1) is 34.6. The van der Waals surface area contributed by atoms with Gasteiger partial charge in [0.2, 0.25) is 0 Å². The van der Waals surface area contributed by atoms with E-state index in [1.165, 1.54) is 250 Å². The van der Waals surface area contributed by atoms with Crippen LogP contribution in [-0.4, -0.2) is 37.9 Å². The normalized spacial score (nSPS) is 12.3. The molecule has 0 heterocycles. The van der Waals surface area contributed by atoms with E-state index < -0.39 is 6.10 Å². The number of unbranched alkanes of at least 4 members (excludes halogenated alkanes) is 42. The maximum absolute atomic E-state index is 12.9. The second-order valence-corrected chi connectivity index (χ2v) is 21.3. The molecule has 0 aromatic rings. The highest BCUT2D eigenvalue weighted by Gasteiger charge is 2.18. The summed E-state index contributed by atoms with van der Waals surface area (Å²) in [6.07, 6.45) is 76.1. The van der Waals surface area contributed by atoms with Crippen LogP contribution in [0.2, 0.25) is 0 Å². The molecule has 0 aliphatic carbocycles. The van der Waals surface area contributed by atoms with Gasteiger partial charge < -0.3 is 14.2 Å². The lowest BCUT2D eigenvalue weighted by molar-refractivity contribution is -0.163. The predicted molar refractivity (Wildman–Crippen MR) is 307 cm³/mol. The first kappa shape index (κ1) is 68.1. The van der Waals surface area contributed by atoms with Crippen LogP contribution in [0.25, 0.3) is 0 Å². The molecule has 1 unspecified atom stereocenters. The van der Waals surface area contributed by atoms with Gasteiger partial charge in [-0.05, 0) is 77.0 Å². The Balaban J connectivity index is 4.22. The highest BCUT2D eigenvalue weighted by atomic mass is 16.6. The van der Waals surface area contributed by atoms with E-state index in [0.29, 0.717) is 19.4 Å². The smallest absolute Gasteiger partial charge is 0.306 e. The van der Waals surface area contributed by atoms with E-state index in [2.05, 4.69) is 57.2 Å². The molecule has 0 spiro atoms. The molecule has 0 amide bonds. The Bertz CT molecular complexity index is 1110. The number of allylic oxidation sites excluding steroid dienone is 6. The SMILES string of the molecule is CCCCC/C=C\C/C=C\CCCCCCCCCCCCOCC(COC(=O)CCCCCCCCCCCCCCCCCCCCC)OC(=O)CCCCCCC/C=C\CCCCCCCC. The molecule has 0 rings (SSSR count). The van der Waals surface area contributed by atoms with E-state index >= 15 is 0 Å². The molecule has 5 heteroatoms. The fourth-order valence-electron chi connectivity index (χ4n) is 9.42. The van der Waals surface area contributed by atoms with E-state index in [9.17, 15) is 9.59 Å². The Hall–Kier alpha value is -1.88. The first-order valence-corrected chi connectivity index (χ1v) is 31.5. The summed E-state index contributed by atoms with van der Waals surface area (Å²) in [7, 11) is 0. The largest absolute Gasteiger partial charge is 0.462 e. The van der Waals surface area contributed by atoms with Crippen LogP contribution in [0.1, 0.15) is 342 Å². The van der Waals surface area contributed by atoms with Crippen molar-refractivity contribution < 1.29 is 23.8 Å². The predicted octanol–water partition coefficient (Wildman–Crippen LogP) is 21.7. The first-order valence-electron chi connectivity index (χ1n) is 31.5. The molecule has 70 heavy (non-hydrogen) atoms. The zero-order valence-corrected chi connectivity index (χ0v) is 47.6. The summed E-state index contributed by atoms with van der Waals surface area (Å²) >= 11 is 0. The third-order valence-corrected chi connectivity index (χ3v) is 14.1. The minimum Gasteiger partial charge on any atom is -0.462 e. The Kier molecular flexibility index (Phi) is 59.8. The van der Waals surface area contributed by atoms with Crippen molar-refractivity contribution in [3.05, 3.63) is 36.5 Å². The number of hydrogen-bond donors (Lipinski definition) is 0. The van der Waals surface area contributed by atoms with Gasteiger partial charge in [0.25, 0.3) is 0 Å². The number of carbonyl (C=O) groups excluding carboxylic acids is 2. The minimum absolute atomic E-state index is 0.0869. The molecule has 0 saturated carbocycles. The molecule has 0 aromatic carbocycles. The van der Waals surface area contributed by atoms with E-state index in [1.54, 1.807) is 0 Å². The lowest BCUT2D eigenvalue weighted by atomic mass is 10.0.